The molecule has 2 fully saturated rings. The highest BCUT2D eigenvalue weighted by Crippen LogP contribution is 2.62. The number of unbranched alkanes of at least 4 members (excludes halogenated alkanes) is 8. The van der Waals surface area contributed by atoms with Crippen LogP contribution in [0.3, 0.4) is 0 Å². The number of hydrogen-bond acceptors (Lipinski definition) is 3. The van der Waals surface area contributed by atoms with Crippen molar-refractivity contribution in [3.8, 4) is 5.75 Å². The number of allylic oxidation sites excluding steroid dienone is 1. The van der Waals surface area contributed by atoms with E-state index in [2.05, 4.69) is 26.0 Å². The molecule has 4 rings (SSSR count). The largest absolute Gasteiger partial charge is 0.508 e. The quantitative estimate of drug-likeness (QED) is 0.242. The number of amides is 1. The number of phenolic OH excluding ortho intramolecular Hbond substituents is 1. The molecular formula is C34H53NO3. The molecule has 0 radical (unpaired) electrons. The Labute approximate surface area is 231 Å². The predicted molar refractivity (Wildman–Crippen MR) is 157 cm³/mol. The van der Waals surface area contributed by atoms with Gasteiger partial charge in [-0.15, -0.1) is 0 Å². The zero-order valence-electron chi connectivity index (χ0n) is 24.4. The molecule has 0 heterocycles. The number of aliphatic hydroxyl groups is 1. The lowest BCUT2D eigenvalue weighted by Crippen LogP contribution is -2.44. The molecule has 5 atom stereocenters. The van der Waals surface area contributed by atoms with Crippen molar-refractivity contribution in [1.82, 2.24) is 4.90 Å². The number of nitrogens with zero attached hydrogens (tertiary/aromatic N) is 1. The SMILES string of the molecule is CCCCN(C)C(=O)CCCCCCCCCCC1=Cc2cc(O)ccc2[C@H]2CC[C@]3(C)[C@@H](O)CC[C@H]3[C@H]12. The van der Waals surface area contributed by atoms with Crippen molar-refractivity contribution in [3.05, 3.63) is 34.9 Å². The third-order valence-corrected chi connectivity index (χ3v) is 10.3. The lowest BCUT2D eigenvalue weighted by atomic mass is 9.54. The summed E-state index contributed by atoms with van der Waals surface area (Å²) in [4.78, 5) is 14.1. The van der Waals surface area contributed by atoms with Gasteiger partial charge in [-0.3, -0.25) is 4.79 Å². The molecule has 4 nitrogen and oxygen atoms in total. The summed E-state index contributed by atoms with van der Waals surface area (Å²) in [5.74, 6) is 2.32. The fraction of sp³-hybridized carbons (Fsp3) is 0.735. The second kappa shape index (κ2) is 13.5. The Hall–Kier alpha value is -1.81. The minimum absolute atomic E-state index is 0.0597. The van der Waals surface area contributed by atoms with Crippen molar-refractivity contribution >= 4 is 12.0 Å². The summed E-state index contributed by atoms with van der Waals surface area (Å²) >= 11 is 0. The number of carbonyl (C=O) groups excluding carboxylic acids is 1. The van der Waals surface area contributed by atoms with Crippen molar-refractivity contribution in [2.24, 2.45) is 17.3 Å². The summed E-state index contributed by atoms with van der Waals surface area (Å²) in [6.45, 7) is 5.40. The molecule has 0 unspecified atom stereocenters. The van der Waals surface area contributed by atoms with E-state index in [1.807, 2.05) is 24.1 Å². The van der Waals surface area contributed by atoms with Gasteiger partial charge in [0, 0.05) is 20.0 Å². The first-order chi connectivity index (χ1) is 18.3. The van der Waals surface area contributed by atoms with Crippen molar-refractivity contribution in [2.75, 3.05) is 13.6 Å². The van der Waals surface area contributed by atoms with Crippen molar-refractivity contribution in [1.29, 1.82) is 0 Å². The van der Waals surface area contributed by atoms with Gasteiger partial charge in [0.1, 0.15) is 5.75 Å². The Kier molecular flexibility index (Phi) is 10.4. The Morgan fingerprint density at radius 1 is 1.00 bits per heavy atom. The van der Waals surface area contributed by atoms with E-state index < -0.39 is 0 Å². The van der Waals surface area contributed by atoms with Crippen LogP contribution in [0.5, 0.6) is 5.75 Å². The van der Waals surface area contributed by atoms with E-state index in [-0.39, 0.29) is 11.5 Å². The van der Waals surface area contributed by atoms with Gasteiger partial charge in [-0.25, -0.2) is 0 Å². The number of hydrogen-bond donors (Lipinski definition) is 2. The van der Waals surface area contributed by atoms with Crippen molar-refractivity contribution < 1.29 is 15.0 Å². The number of benzene rings is 1. The van der Waals surface area contributed by atoms with E-state index in [0.29, 0.717) is 35.8 Å². The van der Waals surface area contributed by atoms with Crippen LogP contribution >= 0.6 is 0 Å². The van der Waals surface area contributed by atoms with E-state index >= 15 is 0 Å². The molecule has 2 N–H and O–H groups in total. The number of carbonyl (C=O) groups is 1. The molecular weight excluding hydrogens is 470 g/mol. The van der Waals surface area contributed by atoms with Crippen molar-refractivity contribution in [2.45, 2.75) is 129 Å². The van der Waals surface area contributed by atoms with Crippen LogP contribution in [0.4, 0.5) is 0 Å². The number of fused-ring (bicyclic) bond motifs is 5. The van der Waals surface area contributed by atoms with E-state index in [9.17, 15) is 15.0 Å². The average Bonchev–Trinajstić information content (AvgIpc) is 3.21. The van der Waals surface area contributed by atoms with Crippen LogP contribution in [0.25, 0.3) is 6.08 Å². The maximum Gasteiger partial charge on any atom is 0.222 e. The lowest BCUT2D eigenvalue weighted by molar-refractivity contribution is -0.130. The van der Waals surface area contributed by atoms with Gasteiger partial charge < -0.3 is 15.1 Å². The highest BCUT2D eigenvalue weighted by atomic mass is 16.3. The molecule has 0 bridgehead atoms. The van der Waals surface area contributed by atoms with E-state index in [1.54, 1.807) is 5.57 Å². The molecule has 3 aliphatic rings. The first-order valence-corrected chi connectivity index (χ1v) is 15.8. The molecule has 1 amide bonds. The molecule has 0 saturated heterocycles. The van der Waals surface area contributed by atoms with Crippen LogP contribution < -0.4 is 0 Å². The van der Waals surface area contributed by atoms with E-state index in [4.69, 9.17) is 0 Å². The number of rotatable bonds is 14. The van der Waals surface area contributed by atoms with Gasteiger partial charge in [0.25, 0.3) is 0 Å². The molecule has 1 aromatic rings. The first kappa shape index (κ1) is 29.2. The van der Waals surface area contributed by atoms with Gasteiger partial charge in [0.2, 0.25) is 5.91 Å². The third kappa shape index (κ3) is 6.66. The summed E-state index contributed by atoms with van der Waals surface area (Å²) in [7, 11) is 1.94. The Bertz CT molecular complexity index is 955. The average molecular weight is 524 g/mol. The Balaban J connectivity index is 1.21. The molecule has 38 heavy (non-hydrogen) atoms. The maximum absolute atomic E-state index is 12.2. The van der Waals surface area contributed by atoms with Gasteiger partial charge in [0.15, 0.2) is 0 Å². The summed E-state index contributed by atoms with van der Waals surface area (Å²) in [5, 5.41) is 21.0. The molecule has 1 aromatic carbocycles. The van der Waals surface area contributed by atoms with Gasteiger partial charge in [-0.2, -0.15) is 0 Å². The van der Waals surface area contributed by atoms with Crippen LogP contribution in [-0.2, 0) is 4.79 Å². The Morgan fingerprint density at radius 2 is 1.71 bits per heavy atom. The zero-order valence-corrected chi connectivity index (χ0v) is 24.4. The molecule has 2 saturated carbocycles. The van der Waals surface area contributed by atoms with Crippen LogP contribution in [0.2, 0.25) is 0 Å². The van der Waals surface area contributed by atoms with Crippen LogP contribution in [0.1, 0.15) is 134 Å². The van der Waals surface area contributed by atoms with Gasteiger partial charge in [-0.1, -0.05) is 76.5 Å². The van der Waals surface area contributed by atoms with Crippen LogP contribution in [0.15, 0.2) is 23.8 Å². The van der Waals surface area contributed by atoms with Gasteiger partial charge in [-0.05, 0) is 97.8 Å². The highest BCUT2D eigenvalue weighted by Gasteiger charge is 2.55. The molecule has 4 heteroatoms. The standard InChI is InChI=1S/C34H53NO3/c1-4-5-22-35(3)32(38)15-13-11-9-7-6-8-10-12-14-25-23-26-24-27(36)16-17-28(26)29-20-21-34(2)30(33(25)29)18-19-31(34)37/h16-17,23-24,29-31,33,36-37H,4-15,18-22H2,1-3H3/t29-,30+,31+,33-,34+/m1/s1. The number of phenols is 1. The van der Waals surface area contributed by atoms with Crippen LogP contribution in [0, 0.1) is 17.3 Å². The second-order valence-electron chi connectivity index (χ2n) is 12.9. The molecule has 0 spiro atoms. The normalized spacial score (nSPS) is 27.8. The van der Waals surface area contributed by atoms with Crippen molar-refractivity contribution in [3.63, 3.8) is 0 Å². The molecule has 212 valence electrons. The lowest BCUT2D eigenvalue weighted by Gasteiger charge is -2.50. The summed E-state index contributed by atoms with van der Waals surface area (Å²) in [5.41, 5.74) is 4.27. The Morgan fingerprint density at radius 3 is 2.45 bits per heavy atom. The highest BCUT2D eigenvalue weighted by molar-refractivity contribution is 5.75. The maximum atomic E-state index is 12.2. The minimum Gasteiger partial charge on any atom is -0.508 e. The smallest absolute Gasteiger partial charge is 0.222 e. The summed E-state index contributed by atoms with van der Waals surface area (Å²) < 4.78 is 0. The summed E-state index contributed by atoms with van der Waals surface area (Å²) in [6.07, 6.45) is 20.5. The fourth-order valence-corrected chi connectivity index (χ4v) is 7.91. The second-order valence-corrected chi connectivity index (χ2v) is 12.9. The van der Waals surface area contributed by atoms with Crippen LogP contribution in [-0.4, -0.2) is 40.7 Å². The number of aliphatic hydroxyl groups excluding tert-OH is 1. The van der Waals surface area contributed by atoms with E-state index in [1.165, 1.54) is 56.1 Å². The molecule has 0 aliphatic heterocycles. The fourth-order valence-electron chi connectivity index (χ4n) is 7.91. The van der Waals surface area contributed by atoms with Gasteiger partial charge >= 0.3 is 0 Å². The zero-order chi connectivity index (χ0) is 27.1. The predicted octanol–water partition coefficient (Wildman–Crippen LogP) is 8.22. The molecule has 3 aliphatic carbocycles. The first-order valence-electron chi connectivity index (χ1n) is 15.8. The monoisotopic (exact) mass is 523 g/mol. The summed E-state index contributed by atoms with van der Waals surface area (Å²) in [6, 6.07) is 5.97. The van der Waals surface area contributed by atoms with Gasteiger partial charge in [0.05, 0.1) is 6.10 Å². The third-order valence-electron chi connectivity index (χ3n) is 10.3. The molecule has 0 aromatic heterocycles. The van der Waals surface area contributed by atoms with E-state index in [0.717, 1.165) is 57.9 Å². The minimum atomic E-state index is -0.156. The topological polar surface area (TPSA) is 60.8 Å². The number of aromatic hydroxyl groups is 1.